The molecule has 32 heavy (non-hydrogen) atoms. The third-order valence-corrected chi connectivity index (χ3v) is 16.2. The van der Waals surface area contributed by atoms with E-state index in [1.807, 2.05) is 26.8 Å². The molecule has 0 aliphatic rings. The van der Waals surface area contributed by atoms with Gasteiger partial charge in [0.15, 0.2) is 22.4 Å². The molecule has 0 radical (unpaired) electrons. The number of ketones is 1. The summed E-state index contributed by atoms with van der Waals surface area (Å²) in [5.74, 6) is 0.854. The smallest absolute Gasteiger partial charge is 0.192 e. The van der Waals surface area contributed by atoms with Crippen molar-refractivity contribution in [1.82, 2.24) is 0 Å². The standard InChI is InChI=1S/C26H52O4Si2/c1-14-28-23(17-15-16-19-29-31(10,11)25(4,5)6)22(3)24(27)21(2)18-20-30-32(12,13)26(7,8)9/h18H,14-17,19-20H2,1-13H3/b21-18+,23-22-. The molecular formula is C26H52O4Si2. The van der Waals surface area contributed by atoms with Crippen LogP contribution in [0.15, 0.2) is 23.0 Å². The largest absolute Gasteiger partial charge is 0.498 e. The van der Waals surface area contributed by atoms with Crippen LogP contribution in [0.5, 0.6) is 0 Å². The zero-order valence-electron chi connectivity index (χ0n) is 23.5. The van der Waals surface area contributed by atoms with Gasteiger partial charge >= 0.3 is 0 Å². The van der Waals surface area contributed by atoms with Gasteiger partial charge in [0.2, 0.25) is 0 Å². The first-order valence-electron chi connectivity index (χ1n) is 12.2. The molecule has 0 amide bonds. The fourth-order valence-corrected chi connectivity index (χ4v) is 4.60. The molecular weight excluding hydrogens is 432 g/mol. The fraction of sp³-hybridized carbons (Fsp3) is 0.808. The maximum atomic E-state index is 13.0. The van der Waals surface area contributed by atoms with Crippen LogP contribution in [0.4, 0.5) is 0 Å². The molecule has 0 aliphatic heterocycles. The van der Waals surface area contributed by atoms with Crippen molar-refractivity contribution in [3.63, 3.8) is 0 Å². The number of carbonyl (C=O) groups excluding carboxylic acids is 1. The van der Waals surface area contributed by atoms with Gasteiger partial charge in [-0.1, -0.05) is 47.6 Å². The topological polar surface area (TPSA) is 44.8 Å². The molecule has 4 nitrogen and oxygen atoms in total. The molecule has 0 fully saturated rings. The molecule has 0 bridgehead atoms. The van der Waals surface area contributed by atoms with Crippen molar-refractivity contribution >= 4 is 22.4 Å². The predicted octanol–water partition coefficient (Wildman–Crippen LogP) is 8.03. The van der Waals surface area contributed by atoms with Crippen LogP contribution in [0, 0.1) is 0 Å². The second kappa shape index (κ2) is 12.7. The molecule has 0 spiro atoms. The minimum atomic E-state index is -1.82. The summed E-state index contributed by atoms with van der Waals surface area (Å²) in [5.41, 5.74) is 1.43. The molecule has 0 N–H and O–H groups in total. The van der Waals surface area contributed by atoms with Crippen molar-refractivity contribution in [3.8, 4) is 0 Å². The Kier molecular flexibility index (Phi) is 12.4. The van der Waals surface area contributed by atoms with Gasteiger partial charge in [-0.05, 0) is 75.5 Å². The molecule has 188 valence electrons. The first-order valence-corrected chi connectivity index (χ1v) is 18.0. The van der Waals surface area contributed by atoms with Gasteiger partial charge in [-0.2, -0.15) is 0 Å². The van der Waals surface area contributed by atoms with Gasteiger partial charge in [0, 0.05) is 18.6 Å². The molecule has 0 aromatic heterocycles. The van der Waals surface area contributed by atoms with E-state index >= 15 is 0 Å². The van der Waals surface area contributed by atoms with Gasteiger partial charge in [-0.25, -0.2) is 0 Å². The fourth-order valence-electron chi connectivity index (χ4n) is 2.58. The lowest BCUT2D eigenvalue weighted by molar-refractivity contribution is -0.112. The molecule has 0 aliphatic carbocycles. The predicted molar refractivity (Wildman–Crippen MR) is 143 cm³/mol. The Labute approximate surface area is 201 Å². The number of hydrogen-bond donors (Lipinski definition) is 0. The first kappa shape index (κ1) is 31.3. The highest BCUT2D eigenvalue weighted by Gasteiger charge is 2.37. The zero-order chi connectivity index (χ0) is 25.4. The van der Waals surface area contributed by atoms with E-state index in [-0.39, 0.29) is 15.9 Å². The van der Waals surface area contributed by atoms with Crippen LogP contribution in [0.3, 0.4) is 0 Å². The van der Waals surface area contributed by atoms with Gasteiger partial charge in [0.25, 0.3) is 0 Å². The van der Waals surface area contributed by atoms with E-state index in [4.69, 9.17) is 13.6 Å². The number of carbonyl (C=O) groups is 1. The molecule has 0 rings (SSSR count). The van der Waals surface area contributed by atoms with E-state index in [2.05, 4.69) is 67.7 Å². The summed E-state index contributed by atoms with van der Waals surface area (Å²) in [6.45, 7) is 30.0. The second-order valence-corrected chi connectivity index (χ2v) is 21.5. The van der Waals surface area contributed by atoms with Crippen LogP contribution in [-0.4, -0.2) is 42.2 Å². The van der Waals surface area contributed by atoms with E-state index in [9.17, 15) is 4.79 Å². The summed E-state index contributed by atoms with van der Waals surface area (Å²) in [6.07, 6.45) is 4.61. The number of rotatable bonds is 13. The van der Waals surface area contributed by atoms with Crippen LogP contribution < -0.4 is 0 Å². The Hall–Kier alpha value is -0.696. The van der Waals surface area contributed by atoms with Crippen molar-refractivity contribution in [2.24, 2.45) is 0 Å². The summed E-state index contributed by atoms with van der Waals surface area (Å²) in [5, 5.41) is 0.384. The van der Waals surface area contributed by atoms with Crippen molar-refractivity contribution in [2.75, 3.05) is 19.8 Å². The molecule has 0 atom stereocenters. The number of allylic oxidation sites excluding steroid dienone is 3. The SMILES string of the molecule is CCO/C(CCCCO[Si](C)(C)C(C)(C)C)=C(/C)C(=O)/C(C)=C/CO[Si](C)(C)C(C)(C)C. The van der Waals surface area contributed by atoms with Gasteiger partial charge in [0.05, 0.1) is 13.2 Å². The van der Waals surface area contributed by atoms with Crippen LogP contribution in [0.2, 0.25) is 36.3 Å². The highest BCUT2D eigenvalue weighted by atomic mass is 28.4. The summed E-state index contributed by atoms with van der Waals surface area (Å²) in [4.78, 5) is 13.0. The quantitative estimate of drug-likeness (QED) is 0.115. The molecule has 6 heteroatoms. The maximum absolute atomic E-state index is 13.0. The summed E-state index contributed by atoms with van der Waals surface area (Å²) >= 11 is 0. The molecule has 0 aromatic rings. The molecule has 0 unspecified atom stereocenters. The van der Waals surface area contributed by atoms with Crippen LogP contribution >= 0.6 is 0 Å². The van der Waals surface area contributed by atoms with Crippen molar-refractivity contribution in [3.05, 3.63) is 23.0 Å². The summed E-state index contributed by atoms with van der Waals surface area (Å²) in [7, 11) is -3.53. The summed E-state index contributed by atoms with van der Waals surface area (Å²) < 4.78 is 18.3. The number of hydrogen-bond acceptors (Lipinski definition) is 4. The second-order valence-electron chi connectivity index (χ2n) is 11.8. The van der Waals surface area contributed by atoms with Crippen LogP contribution in [0.25, 0.3) is 0 Å². The van der Waals surface area contributed by atoms with Crippen molar-refractivity contribution in [2.45, 2.75) is 118 Å². The first-order chi connectivity index (χ1) is 14.4. The van der Waals surface area contributed by atoms with Crippen LogP contribution in [-0.2, 0) is 18.4 Å². The Morgan fingerprint density at radius 3 is 1.81 bits per heavy atom. The highest BCUT2D eigenvalue weighted by Crippen LogP contribution is 2.37. The van der Waals surface area contributed by atoms with E-state index in [0.717, 1.165) is 37.2 Å². The minimum absolute atomic E-state index is 0.0461. The molecule has 0 heterocycles. The van der Waals surface area contributed by atoms with E-state index in [1.54, 1.807) is 0 Å². The Bertz CT molecular complexity index is 662. The highest BCUT2D eigenvalue weighted by molar-refractivity contribution is 6.74. The monoisotopic (exact) mass is 484 g/mol. The number of ether oxygens (including phenoxy) is 1. The average molecular weight is 485 g/mol. The number of Topliss-reactive ketones (excluding diaryl/α,β-unsaturated/α-hetero) is 1. The van der Waals surface area contributed by atoms with E-state index in [0.29, 0.717) is 18.8 Å². The van der Waals surface area contributed by atoms with Crippen molar-refractivity contribution in [1.29, 1.82) is 0 Å². The third kappa shape index (κ3) is 10.1. The van der Waals surface area contributed by atoms with Crippen molar-refractivity contribution < 1.29 is 18.4 Å². The Morgan fingerprint density at radius 2 is 1.34 bits per heavy atom. The van der Waals surface area contributed by atoms with Gasteiger partial charge < -0.3 is 13.6 Å². The zero-order valence-corrected chi connectivity index (χ0v) is 25.5. The summed E-state index contributed by atoms with van der Waals surface area (Å²) in [6, 6.07) is 0. The van der Waals surface area contributed by atoms with E-state index < -0.39 is 16.6 Å². The molecule has 0 aromatic carbocycles. The van der Waals surface area contributed by atoms with E-state index in [1.165, 1.54) is 0 Å². The maximum Gasteiger partial charge on any atom is 0.192 e. The lowest BCUT2D eigenvalue weighted by Gasteiger charge is -2.36. The third-order valence-electron chi connectivity index (χ3n) is 7.14. The molecule has 0 saturated carbocycles. The average Bonchev–Trinajstić information content (AvgIpc) is 2.63. The van der Waals surface area contributed by atoms with Gasteiger partial charge in [-0.15, -0.1) is 0 Å². The van der Waals surface area contributed by atoms with Gasteiger partial charge in [0.1, 0.15) is 5.76 Å². The van der Waals surface area contributed by atoms with Gasteiger partial charge in [-0.3, -0.25) is 4.79 Å². The minimum Gasteiger partial charge on any atom is -0.498 e. The number of unbranched alkanes of at least 4 members (excludes halogenated alkanes) is 1. The van der Waals surface area contributed by atoms with Crippen LogP contribution in [0.1, 0.15) is 81.6 Å². The Morgan fingerprint density at radius 1 is 0.844 bits per heavy atom. The lowest BCUT2D eigenvalue weighted by atomic mass is 10.0. The Balaban J connectivity index is 4.97. The lowest BCUT2D eigenvalue weighted by Crippen LogP contribution is -2.40. The molecule has 0 saturated heterocycles. The normalized spacial score (nSPS) is 15.0.